The lowest BCUT2D eigenvalue weighted by Gasteiger charge is -2.10. The molecule has 1 aliphatic carbocycles. The summed E-state index contributed by atoms with van der Waals surface area (Å²) < 4.78 is 31.0. The first kappa shape index (κ1) is 14.9. The Balaban J connectivity index is 0.00000162. The first-order valence-corrected chi connectivity index (χ1v) is 5.57. The van der Waals surface area contributed by atoms with Crippen LogP contribution in [-0.2, 0) is 0 Å². The van der Waals surface area contributed by atoms with Gasteiger partial charge in [0, 0.05) is 5.56 Å². The van der Waals surface area contributed by atoms with E-state index < -0.39 is 5.83 Å². The van der Waals surface area contributed by atoms with E-state index in [0.29, 0.717) is 18.2 Å². The number of rotatable bonds is 5. The highest BCUT2D eigenvalue weighted by molar-refractivity contribution is 5.85. The van der Waals surface area contributed by atoms with Crippen molar-refractivity contribution in [2.45, 2.75) is 12.3 Å². The SMILES string of the molecule is C=C(F)COc1ccc(F)cc1[C@@H]1C[C@H]1CN.Cl. The largest absolute Gasteiger partial charge is 0.486 e. The molecule has 1 aromatic carbocycles. The molecule has 0 radical (unpaired) electrons. The first-order valence-electron chi connectivity index (χ1n) is 5.57. The molecule has 100 valence electrons. The molecule has 0 unspecified atom stereocenters. The van der Waals surface area contributed by atoms with E-state index >= 15 is 0 Å². The van der Waals surface area contributed by atoms with E-state index in [1.807, 2.05) is 0 Å². The van der Waals surface area contributed by atoms with Crippen molar-refractivity contribution in [2.24, 2.45) is 11.7 Å². The normalized spacial score (nSPS) is 21.1. The Hall–Kier alpha value is -1.13. The third-order valence-corrected chi connectivity index (χ3v) is 2.98. The van der Waals surface area contributed by atoms with Gasteiger partial charge in [-0.2, -0.15) is 0 Å². The zero-order valence-electron chi connectivity index (χ0n) is 9.86. The molecule has 0 saturated heterocycles. The maximum absolute atomic E-state index is 13.2. The second kappa shape index (κ2) is 6.16. The minimum Gasteiger partial charge on any atom is -0.486 e. The molecule has 0 bridgehead atoms. The van der Waals surface area contributed by atoms with Crippen LogP contribution in [0.2, 0.25) is 0 Å². The summed E-state index contributed by atoms with van der Waals surface area (Å²) in [7, 11) is 0. The van der Waals surface area contributed by atoms with E-state index in [-0.39, 0.29) is 30.7 Å². The molecule has 2 rings (SSSR count). The highest BCUT2D eigenvalue weighted by Gasteiger charge is 2.39. The summed E-state index contributed by atoms with van der Waals surface area (Å²) in [6.45, 7) is 3.51. The molecular weight excluding hydrogens is 260 g/mol. The van der Waals surface area contributed by atoms with Gasteiger partial charge in [0.05, 0.1) is 0 Å². The fourth-order valence-corrected chi connectivity index (χ4v) is 1.99. The fraction of sp³-hybridized carbons (Fsp3) is 0.385. The molecule has 0 amide bonds. The van der Waals surface area contributed by atoms with Gasteiger partial charge in [0.2, 0.25) is 0 Å². The molecule has 1 saturated carbocycles. The van der Waals surface area contributed by atoms with Crippen LogP contribution in [-0.4, -0.2) is 13.2 Å². The maximum atomic E-state index is 13.2. The molecule has 18 heavy (non-hydrogen) atoms. The van der Waals surface area contributed by atoms with Crippen LogP contribution in [0.4, 0.5) is 8.78 Å². The van der Waals surface area contributed by atoms with E-state index in [9.17, 15) is 8.78 Å². The summed E-state index contributed by atoms with van der Waals surface area (Å²) in [6, 6.07) is 4.27. The molecule has 5 heteroatoms. The second-order valence-electron chi connectivity index (χ2n) is 4.33. The van der Waals surface area contributed by atoms with Crippen molar-refractivity contribution >= 4 is 12.4 Å². The van der Waals surface area contributed by atoms with Crippen LogP contribution in [0.1, 0.15) is 17.9 Å². The van der Waals surface area contributed by atoms with Gasteiger partial charge < -0.3 is 10.5 Å². The van der Waals surface area contributed by atoms with Crippen LogP contribution in [0.5, 0.6) is 5.75 Å². The van der Waals surface area contributed by atoms with E-state index in [2.05, 4.69) is 6.58 Å². The smallest absolute Gasteiger partial charge is 0.139 e. The predicted octanol–water partition coefficient (Wildman–Crippen LogP) is 3.17. The Bertz CT molecular complexity index is 439. The molecule has 2 N–H and O–H groups in total. The van der Waals surface area contributed by atoms with Crippen molar-refractivity contribution in [1.29, 1.82) is 0 Å². The van der Waals surface area contributed by atoms with E-state index in [4.69, 9.17) is 10.5 Å². The second-order valence-corrected chi connectivity index (χ2v) is 4.33. The van der Waals surface area contributed by atoms with Crippen molar-refractivity contribution in [1.82, 2.24) is 0 Å². The summed E-state index contributed by atoms with van der Waals surface area (Å²) in [5.41, 5.74) is 6.34. The molecule has 0 aromatic heterocycles. The third-order valence-electron chi connectivity index (χ3n) is 2.98. The topological polar surface area (TPSA) is 35.2 Å². The van der Waals surface area contributed by atoms with Gasteiger partial charge >= 0.3 is 0 Å². The Morgan fingerprint density at radius 1 is 1.50 bits per heavy atom. The number of halogens is 3. The third kappa shape index (κ3) is 3.43. The maximum Gasteiger partial charge on any atom is 0.139 e. The first-order chi connectivity index (χ1) is 8.11. The molecule has 2 atom stereocenters. The Kier molecular flexibility index (Phi) is 5.11. The molecule has 1 fully saturated rings. The van der Waals surface area contributed by atoms with Crippen molar-refractivity contribution < 1.29 is 13.5 Å². The van der Waals surface area contributed by atoms with Gasteiger partial charge in [-0.05, 0) is 43.0 Å². The predicted molar refractivity (Wildman–Crippen MR) is 69.3 cm³/mol. The van der Waals surface area contributed by atoms with Gasteiger partial charge in [-0.1, -0.05) is 6.58 Å². The van der Waals surface area contributed by atoms with Crippen LogP contribution < -0.4 is 10.5 Å². The van der Waals surface area contributed by atoms with E-state index in [1.54, 1.807) is 0 Å². The van der Waals surface area contributed by atoms with Crippen molar-refractivity contribution in [2.75, 3.05) is 13.2 Å². The minimum absolute atomic E-state index is 0. The summed E-state index contributed by atoms with van der Waals surface area (Å²) in [6.07, 6.45) is 0.937. The number of hydrogen-bond donors (Lipinski definition) is 1. The van der Waals surface area contributed by atoms with Crippen molar-refractivity contribution in [3.63, 3.8) is 0 Å². The van der Waals surface area contributed by atoms with Gasteiger partial charge in [0.1, 0.15) is 24.0 Å². The average molecular weight is 276 g/mol. The van der Waals surface area contributed by atoms with Crippen molar-refractivity contribution in [3.05, 3.63) is 42.0 Å². The van der Waals surface area contributed by atoms with Gasteiger partial charge in [-0.3, -0.25) is 0 Å². The van der Waals surface area contributed by atoms with E-state index in [1.165, 1.54) is 18.2 Å². The van der Waals surface area contributed by atoms with Crippen LogP contribution >= 0.6 is 12.4 Å². The van der Waals surface area contributed by atoms with Crippen LogP contribution in [0.15, 0.2) is 30.6 Å². The number of benzene rings is 1. The molecule has 0 aliphatic heterocycles. The highest BCUT2D eigenvalue weighted by atomic mass is 35.5. The lowest BCUT2D eigenvalue weighted by atomic mass is 10.1. The molecule has 2 nitrogen and oxygen atoms in total. The van der Waals surface area contributed by atoms with Crippen LogP contribution in [0.3, 0.4) is 0 Å². The quantitative estimate of drug-likeness (QED) is 0.896. The summed E-state index contributed by atoms with van der Waals surface area (Å²) in [5.74, 6) is 0.276. The molecule has 0 heterocycles. The molecule has 1 aliphatic rings. The monoisotopic (exact) mass is 275 g/mol. The summed E-state index contributed by atoms with van der Waals surface area (Å²) in [5, 5.41) is 0. The Morgan fingerprint density at radius 3 is 2.78 bits per heavy atom. The summed E-state index contributed by atoms with van der Waals surface area (Å²) in [4.78, 5) is 0. The van der Waals surface area contributed by atoms with Gasteiger partial charge in [-0.15, -0.1) is 12.4 Å². The molecule has 0 spiro atoms. The zero-order valence-corrected chi connectivity index (χ0v) is 10.7. The number of ether oxygens (including phenoxy) is 1. The fourth-order valence-electron chi connectivity index (χ4n) is 1.99. The van der Waals surface area contributed by atoms with Gasteiger partial charge in [0.25, 0.3) is 0 Å². The number of hydrogen-bond acceptors (Lipinski definition) is 2. The number of nitrogens with two attached hydrogens (primary N) is 1. The highest BCUT2D eigenvalue weighted by Crippen LogP contribution is 2.49. The lowest BCUT2D eigenvalue weighted by Crippen LogP contribution is -2.04. The zero-order chi connectivity index (χ0) is 12.4. The average Bonchev–Trinajstić information content (AvgIpc) is 3.06. The van der Waals surface area contributed by atoms with Gasteiger partial charge in [0.15, 0.2) is 0 Å². The standard InChI is InChI=1S/C13H15F2NO.ClH/c1-8(14)7-17-13-3-2-10(15)5-12(13)11-4-9(11)6-16;/h2-3,5,9,11H,1,4,6-7,16H2;1H/t9-,11+;/m0./s1. The Morgan fingerprint density at radius 2 is 2.22 bits per heavy atom. The van der Waals surface area contributed by atoms with Crippen LogP contribution in [0, 0.1) is 11.7 Å². The van der Waals surface area contributed by atoms with Gasteiger partial charge in [-0.25, -0.2) is 8.78 Å². The lowest BCUT2D eigenvalue weighted by molar-refractivity contribution is 0.316. The van der Waals surface area contributed by atoms with E-state index in [0.717, 1.165) is 12.0 Å². The molecule has 1 aromatic rings. The Labute approximate surface area is 111 Å². The van der Waals surface area contributed by atoms with Crippen LogP contribution in [0.25, 0.3) is 0 Å². The van der Waals surface area contributed by atoms with Crippen molar-refractivity contribution in [3.8, 4) is 5.75 Å². The minimum atomic E-state index is -0.550. The molecular formula is C13H16ClF2NO. The summed E-state index contributed by atoms with van der Waals surface area (Å²) >= 11 is 0.